The normalized spacial score (nSPS) is 12.0. The molecule has 13 heavy (non-hydrogen) atoms. The smallest absolute Gasteiger partial charge is 0.183 e. The van der Waals surface area contributed by atoms with Crippen LogP contribution in [-0.4, -0.2) is 41.4 Å². The zero-order valence-corrected chi connectivity index (χ0v) is 9.97. The Morgan fingerprint density at radius 1 is 0.923 bits per heavy atom. The average Bonchev–Trinajstić information content (AvgIpc) is 2.01. The minimum absolute atomic E-state index is 0.509. The number of ether oxygens (including phenoxy) is 2. The quantitative estimate of drug-likeness (QED) is 0.446. The van der Waals surface area contributed by atoms with Gasteiger partial charge >= 0.3 is 0 Å². The summed E-state index contributed by atoms with van der Waals surface area (Å²) >= 11 is 0. The van der Waals surface area contributed by atoms with Crippen LogP contribution >= 0.6 is 0 Å². The molecule has 0 N–H and O–H groups in total. The van der Waals surface area contributed by atoms with E-state index >= 15 is 0 Å². The summed E-state index contributed by atoms with van der Waals surface area (Å²) in [5, 5.41) is 0. The molecule has 0 aromatic carbocycles. The summed E-state index contributed by atoms with van der Waals surface area (Å²) in [6, 6.07) is 0. The van der Waals surface area contributed by atoms with Crippen LogP contribution < -0.4 is 0 Å². The Labute approximate surface area is 82.5 Å². The molecule has 0 aliphatic heterocycles. The fourth-order valence-corrected chi connectivity index (χ4v) is 1.42. The first kappa shape index (κ1) is 13.1. The molecular weight excluding hydrogens is 184 g/mol. The molecular formula is C9H21O3Si. The first-order valence-electron chi connectivity index (χ1n) is 4.65. The Morgan fingerprint density at radius 2 is 1.46 bits per heavy atom. The summed E-state index contributed by atoms with van der Waals surface area (Å²) in [7, 11) is -1.35. The van der Waals surface area contributed by atoms with Gasteiger partial charge in [0, 0.05) is 6.61 Å². The highest BCUT2D eigenvalue weighted by Gasteiger charge is 2.12. The largest absolute Gasteiger partial charge is 0.415 e. The first-order chi connectivity index (χ1) is 6.06. The zero-order valence-electron chi connectivity index (χ0n) is 8.97. The van der Waals surface area contributed by atoms with Gasteiger partial charge in [0.25, 0.3) is 0 Å². The van der Waals surface area contributed by atoms with E-state index < -0.39 is 8.32 Å². The molecule has 0 aromatic rings. The van der Waals surface area contributed by atoms with Crippen molar-refractivity contribution in [1.29, 1.82) is 0 Å². The van der Waals surface area contributed by atoms with Gasteiger partial charge in [0.15, 0.2) is 8.32 Å². The Bertz CT molecular complexity index is 112. The monoisotopic (exact) mass is 205 g/mol. The molecule has 0 fully saturated rings. The lowest BCUT2D eigenvalue weighted by Gasteiger charge is -2.16. The highest BCUT2D eigenvalue weighted by atomic mass is 28.4. The van der Waals surface area contributed by atoms with Crippen molar-refractivity contribution in [3.8, 4) is 0 Å². The van der Waals surface area contributed by atoms with Gasteiger partial charge in [-0.3, -0.25) is 0 Å². The molecule has 0 aliphatic carbocycles. The van der Waals surface area contributed by atoms with E-state index in [1.165, 1.54) is 0 Å². The van der Waals surface area contributed by atoms with Crippen molar-refractivity contribution in [1.82, 2.24) is 0 Å². The molecule has 0 bridgehead atoms. The van der Waals surface area contributed by atoms with Crippen molar-refractivity contribution >= 4 is 8.32 Å². The molecule has 0 aromatic heterocycles. The molecule has 1 radical (unpaired) electrons. The van der Waals surface area contributed by atoms with Gasteiger partial charge in [-0.25, -0.2) is 0 Å². The summed E-state index contributed by atoms with van der Waals surface area (Å²) in [5.74, 6) is 0. The van der Waals surface area contributed by atoms with Crippen molar-refractivity contribution in [2.24, 2.45) is 0 Å². The third kappa shape index (κ3) is 12.1. The molecule has 0 heterocycles. The van der Waals surface area contributed by atoms with E-state index in [2.05, 4.69) is 26.6 Å². The number of hydrogen-bond donors (Lipinski definition) is 0. The number of hydrogen-bond acceptors (Lipinski definition) is 3. The van der Waals surface area contributed by atoms with E-state index in [-0.39, 0.29) is 0 Å². The van der Waals surface area contributed by atoms with E-state index in [4.69, 9.17) is 13.9 Å². The van der Waals surface area contributed by atoms with Crippen LogP contribution in [0.2, 0.25) is 19.6 Å². The Morgan fingerprint density at radius 3 is 2.00 bits per heavy atom. The standard InChI is InChI=1S/C9H21O3Si/c1-5-10-6-7-11-8-9-12-13(2,3)4/h1,5-9H2,2-4H3. The third-order valence-corrected chi connectivity index (χ3v) is 2.35. The van der Waals surface area contributed by atoms with Gasteiger partial charge in [0.05, 0.1) is 26.4 Å². The highest BCUT2D eigenvalue weighted by Crippen LogP contribution is 2.01. The van der Waals surface area contributed by atoms with Gasteiger partial charge in [0.1, 0.15) is 0 Å². The van der Waals surface area contributed by atoms with E-state index in [0.29, 0.717) is 33.0 Å². The molecule has 0 saturated heterocycles. The SMILES string of the molecule is [CH2]COCCOCCO[Si](C)(C)C. The molecule has 4 heteroatoms. The first-order valence-corrected chi connectivity index (χ1v) is 8.06. The van der Waals surface area contributed by atoms with Crippen LogP contribution in [0, 0.1) is 6.92 Å². The van der Waals surface area contributed by atoms with Crippen LogP contribution in [0.15, 0.2) is 0 Å². The van der Waals surface area contributed by atoms with Crippen LogP contribution in [-0.2, 0) is 13.9 Å². The molecule has 0 spiro atoms. The molecule has 0 saturated carbocycles. The van der Waals surface area contributed by atoms with Gasteiger partial charge in [-0.05, 0) is 26.6 Å². The maximum atomic E-state index is 5.60. The van der Waals surface area contributed by atoms with E-state index in [9.17, 15) is 0 Å². The van der Waals surface area contributed by atoms with Gasteiger partial charge < -0.3 is 13.9 Å². The van der Waals surface area contributed by atoms with Crippen LogP contribution in [0.5, 0.6) is 0 Å². The highest BCUT2D eigenvalue weighted by molar-refractivity contribution is 6.69. The molecule has 3 nitrogen and oxygen atoms in total. The van der Waals surface area contributed by atoms with E-state index in [1.807, 2.05) is 0 Å². The van der Waals surface area contributed by atoms with Crippen molar-refractivity contribution in [3.05, 3.63) is 6.92 Å². The van der Waals surface area contributed by atoms with Gasteiger partial charge in [-0.15, -0.1) is 0 Å². The Kier molecular flexibility index (Phi) is 7.55. The molecule has 0 atom stereocenters. The van der Waals surface area contributed by atoms with Crippen molar-refractivity contribution in [3.63, 3.8) is 0 Å². The predicted molar refractivity (Wildman–Crippen MR) is 56.3 cm³/mol. The second-order valence-electron chi connectivity index (χ2n) is 3.69. The lowest BCUT2D eigenvalue weighted by Crippen LogP contribution is -2.27. The molecule has 79 valence electrons. The summed E-state index contributed by atoms with van der Waals surface area (Å²) in [4.78, 5) is 0. The maximum absolute atomic E-state index is 5.60. The lowest BCUT2D eigenvalue weighted by atomic mass is 10.7. The van der Waals surface area contributed by atoms with E-state index in [0.717, 1.165) is 0 Å². The molecule has 0 rings (SSSR count). The predicted octanol–water partition coefficient (Wildman–Crippen LogP) is 1.71. The zero-order chi connectivity index (χ0) is 10.2. The Balaban J connectivity index is 3.00. The third-order valence-electron chi connectivity index (χ3n) is 1.28. The summed E-state index contributed by atoms with van der Waals surface area (Å²) in [5.41, 5.74) is 0. The van der Waals surface area contributed by atoms with E-state index in [1.54, 1.807) is 0 Å². The van der Waals surface area contributed by atoms with Crippen molar-refractivity contribution in [2.45, 2.75) is 19.6 Å². The van der Waals surface area contributed by atoms with Gasteiger partial charge in [0.2, 0.25) is 0 Å². The molecule has 0 unspecified atom stereocenters. The fourth-order valence-electron chi connectivity index (χ4n) is 0.729. The Hall–Kier alpha value is 0.0969. The summed E-state index contributed by atoms with van der Waals surface area (Å²) in [6.45, 7) is 13.2. The minimum Gasteiger partial charge on any atom is -0.415 e. The van der Waals surface area contributed by atoms with Crippen LogP contribution in [0.4, 0.5) is 0 Å². The minimum atomic E-state index is -1.35. The van der Waals surface area contributed by atoms with Crippen molar-refractivity contribution < 1.29 is 13.9 Å². The van der Waals surface area contributed by atoms with Crippen molar-refractivity contribution in [2.75, 3.05) is 33.0 Å². The maximum Gasteiger partial charge on any atom is 0.183 e. The molecule has 0 amide bonds. The summed E-state index contributed by atoms with van der Waals surface area (Å²) < 4.78 is 15.9. The van der Waals surface area contributed by atoms with Gasteiger partial charge in [-0.1, -0.05) is 0 Å². The van der Waals surface area contributed by atoms with Crippen LogP contribution in [0.1, 0.15) is 0 Å². The number of rotatable bonds is 8. The second kappa shape index (κ2) is 7.50. The summed E-state index contributed by atoms with van der Waals surface area (Å²) in [6.07, 6.45) is 0. The average molecular weight is 205 g/mol. The van der Waals surface area contributed by atoms with Crippen LogP contribution in [0.25, 0.3) is 0 Å². The topological polar surface area (TPSA) is 27.7 Å². The lowest BCUT2D eigenvalue weighted by molar-refractivity contribution is 0.0434. The van der Waals surface area contributed by atoms with Crippen LogP contribution in [0.3, 0.4) is 0 Å². The fraction of sp³-hybridized carbons (Fsp3) is 0.889. The second-order valence-corrected chi connectivity index (χ2v) is 8.20. The molecule has 0 aliphatic rings. The van der Waals surface area contributed by atoms with Gasteiger partial charge in [-0.2, -0.15) is 0 Å².